The van der Waals surface area contributed by atoms with Gasteiger partial charge in [-0.1, -0.05) is 27.7 Å². The van der Waals surface area contributed by atoms with Gasteiger partial charge in [-0.15, -0.1) is 0 Å². The minimum atomic E-state index is 0.480. The molecule has 0 aromatic rings. The lowest BCUT2D eigenvalue weighted by Gasteiger charge is -2.22. The fourth-order valence-electron chi connectivity index (χ4n) is 1.95. The molecule has 78 valence electrons. The Labute approximate surface area is 82.5 Å². The van der Waals surface area contributed by atoms with Crippen molar-refractivity contribution in [3.05, 3.63) is 0 Å². The van der Waals surface area contributed by atoms with Gasteiger partial charge in [0.2, 0.25) is 0 Å². The molecule has 1 fully saturated rings. The molecule has 1 aliphatic rings. The summed E-state index contributed by atoms with van der Waals surface area (Å²) < 4.78 is 0. The van der Waals surface area contributed by atoms with E-state index in [0.29, 0.717) is 17.5 Å². The van der Waals surface area contributed by atoms with Crippen LogP contribution in [0.25, 0.3) is 0 Å². The maximum Gasteiger partial charge on any atom is 0.0195 e. The Hall–Kier alpha value is -0.0800. The molecular weight excluding hydrogens is 160 g/mol. The first-order valence-corrected chi connectivity index (χ1v) is 5.46. The second-order valence-electron chi connectivity index (χ2n) is 5.35. The molecule has 0 aromatic carbocycles. The number of nitrogens with one attached hydrogen (secondary N) is 2. The molecule has 2 N–H and O–H groups in total. The first-order chi connectivity index (χ1) is 5.99. The molecule has 0 radical (unpaired) electrons. The van der Waals surface area contributed by atoms with Crippen molar-refractivity contribution in [2.45, 2.75) is 52.6 Å². The monoisotopic (exact) mass is 184 g/mol. The first-order valence-electron chi connectivity index (χ1n) is 5.46. The van der Waals surface area contributed by atoms with Crippen molar-refractivity contribution in [1.29, 1.82) is 0 Å². The molecule has 2 heteroatoms. The van der Waals surface area contributed by atoms with Gasteiger partial charge in [0.1, 0.15) is 0 Å². The molecule has 1 unspecified atom stereocenters. The highest BCUT2D eigenvalue weighted by Gasteiger charge is 2.23. The lowest BCUT2D eigenvalue weighted by Crippen LogP contribution is -2.41. The Bertz CT molecular complexity index is 152. The maximum atomic E-state index is 3.60. The summed E-state index contributed by atoms with van der Waals surface area (Å²) in [6.45, 7) is 11.4. The predicted molar refractivity (Wildman–Crippen MR) is 57.9 cm³/mol. The van der Waals surface area contributed by atoms with E-state index in [1.54, 1.807) is 0 Å². The van der Waals surface area contributed by atoms with E-state index in [2.05, 4.69) is 38.3 Å². The second kappa shape index (κ2) is 4.43. The summed E-state index contributed by atoms with van der Waals surface area (Å²) in [7, 11) is 0. The zero-order valence-corrected chi connectivity index (χ0v) is 9.48. The Morgan fingerprint density at radius 1 is 1.38 bits per heavy atom. The van der Waals surface area contributed by atoms with E-state index in [0.717, 1.165) is 13.1 Å². The Morgan fingerprint density at radius 2 is 2.08 bits per heavy atom. The molecule has 1 rings (SSSR count). The van der Waals surface area contributed by atoms with Crippen LogP contribution in [0.2, 0.25) is 0 Å². The third-order valence-electron chi connectivity index (χ3n) is 2.73. The van der Waals surface area contributed by atoms with Gasteiger partial charge in [0, 0.05) is 25.2 Å². The van der Waals surface area contributed by atoms with Gasteiger partial charge in [0.05, 0.1) is 0 Å². The maximum absolute atomic E-state index is 3.60. The van der Waals surface area contributed by atoms with Crippen molar-refractivity contribution >= 4 is 0 Å². The quantitative estimate of drug-likeness (QED) is 0.683. The lowest BCUT2D eigenvalue weighted by molar-refractivity contribution is 0.328. The number of hydrogen-bond acceptors (Lipinski definition) is 2. The van der Waals surface area contributed by atoms with Crippen molar-refractivity contribution in [3.8, 4) is 0 Å². The summed E-state index contributed by atoms with van der Waals surface area (Å²) in [5.74, 6) is 0. The molecule has 0 spiro atoms. The molecule has 0 saturated carbocycles. The molecular formula is C11H24N2. The predicted octanol–water partition coefficient (Wildman–Crippen LogP) is 1.76. The summed E-state index contributed by atoms with van der Waals surface area (Å²) in [5, 5.41) is 7.13. The van der Waals surface area contributed by atoms with Crippen LogP contribution in [0.15, 0.2) is 0 Å². The third kappa shape index (κ3) is 4.10. The van der Waals surface area contributed by atoms with Crippen molar-refractivity contribution in [2.24, 2.45) is 5.41 Å². The van der Waals surface area contributed by atoms with E-state index in [1.165, 1.54) is 12.8 Å². The molecule has 0 aromatic heterocycles. The fourth-order valence-corrected chi connectivity index (χ4v) is 1.95. The van der Waals surface area contributed by atoms with E-state index in [4.69, 9.17) is 0 Å². The SMILES string of the molecule is CC(C)NC1CCC(C)(C)CNC1. The minimum Gasteiger partial charge on any atom is -0.315 e. The molecule has 0 amide bonds. The van der Waals surface area contributed by atoms with Gasteiger partial charge >= 0.3 is 0 Å². The Balaban J connectivity index is 2.36. The van der Waals surface area contributed by atoms with Crippen LogP contribution < -0.4 is 10.6 Å². The topological polar surface area (TPSA) is 24.1 Å². The molecule has 0 aliphatic carbocycles. The van der Waals surface area contributed by atoms with Gasteiger partial charge in [-0.2, -0.15) is 0 Å². The molecule has 0 bridgehead atoms. The van der Waals surface area contributed by atoms with Crippen LogP contribution in [0.5, 0.6) is 0 Å². The average molecular weight is 184 g/mol. The summed E-state index contributed by atoms with van der Waals surface area (Å²) in [6.07, 6.45) is 2.63. The molecule has 1 aliphatic heterocycles. The third-order valence-corrected chi connectivity index (χ3v) is 2.73. The fraction of sp³-hybridized carbons (Fsp3) is 1.00. The highest BCUT2D eigenvalue weighted by molar-refractivity contribution is 4.82. The second-order valence-corrected chi connectivity index (χ2v) is 5.35. The van der Waals surface area contributed by atoms with Crippen LogP contribution in [0.1, 0.15) is 40.5 Å². The van der Waals surface area contributed by atoms with Crippen LogP contribution in [-0.2, 0) is 0 Å². The summed E-state index contributed by atoms with van der Waals surface area (Å²) in [4.78, 5) is 0. The van der Waals surface area contributed by atoms with E-state index in [1.807, 2.05) is 0 Å². The molecule has 13 heavy (non-hydrogen) atoms. The van der Waals surface area contributed by atoms with Crippen molar-refractivity contribution in [1.82, 2.24) is 10.6 Å². The highest BCUT2D eigenvalue weighted by atomic mass is 15.0. The van der Waals surface area contributed by atoms with E-state index in [-0.39, 0.29) is 0 Å². The summed E-state index contributed by atoms with van der Waals surface area (Å²) >= 11 is 0. The van der Waals surface area contributed by atoms with E-state index < -0.39 is 0 Å². The molecule has 2 nitrogen and oxygen atoms in total. The number of rotatable bonds is 2. The normalized spacial score (nSPS) is 28.8. The van der Waals surface area contributed by atoms with Gasteiger partial charge < -0.3 is 10.6 Å². The molecule has 1 heterocycles. The summed E-state index contributed by atoms with van der Waals surface area (Å²) in [5.41, 5.74) is 0.480. The van der Waals surface area contributed by atoms with Gasteiger partial charge in [-0.3, -0.25) is 0 Å². The number of hydrogen-bond donors (Lipinski definition) is 2. The van der Waals surface area contributed by atoms with Crippen molar-refractivity contribution in [3.63, 3.8) is 0 Å². The van der Waals surface area contributed by atoms with E-state index >= 15 is 0 Å². The van der Waals surface area contributed by atoms with E-state index in [9.17, 15) is 0 Å². The smallest absolute Gasteiger partial charge is 0.0195 e. The van der Waals surface area contributed by atoms with Crippen molar-refractivity contribution < 1.29 is 0 Å². The first kappa shape index (κ1) is 11.0. The van der Waals surface area contributed by atoms with Gasteiger partial charge in [-0.25, -0.2) is 0 Å². The largest absolute Gasteiger partial charge is 0.315 e. The van der Waals surface area contributed by atoms with Crippen LogP contribution in [0.4, 0.5) is 0 Å². The average Bonchev–Trinajstić information content (AvgIpc) is 2.12. The lowest BCUT2D eigenvalue weighted by atomic mass is 9.88. The standard InChI is InChI=1S/C11H24N2/c1-9(2)13-10-5-6-11(3,4)8-12-7-10/h9-10,12-13H,5-8H2,1-4H3. The van der Waals surface area contributed by atoms with Gasteiger partial charge in [0.15, 0.2) is 0 Å². The molecule has 1 saturated heterocycles. The minimum absolute atomic E-state index is 0.480. The van der Waals surface area contributed by atoms with Gasteiger partial charge in [0.25, 0.3) is 0 Å². The van der Waals surface area contributed by atoms with Crippen molar-refractivity contribution in [2.75, 3.05) is 13.1 Å². The zero-order valence-electron chi connectivity index (χ0n) is 9.48. The van der Waals surface area contributed by atoms with Crippen LogP contribution in [0.3, 0.4) is 0 Å². The highest BCUT2D eigenvalue weighted by Crippen LogP contribution is 2.24. The van der Waals surface area contributed by atoms with Gasteiger partial charge in [-0.05, 0) is 18.3 Å². The van der Waals surface area contributed by atoms with Crippen LogP contribution in [0, 0.1) is 5.41 Å². The zero-order chi connectivity index (χ0) is 9.90. The van der Waals surface area contributed by atoms with Crippen LogP contribution in [-0.4, -0.2) is 25.2 Å². The molecule has 1 atom stereocenters. The Morgan fingerprint density at radius 3 is 2.69 bits per heavy atom. The van der Waals surface area contributed by atoms with Crippen LogP contribution >= 0.6 is 0 Å². The summed E-state index contributed by atoms with van der Waals surface area (Å²) in [6, 6.07) is 1.27. The Kier molecular flexibility index (Phi) is 3.74.